The summed E-state index contributed by atoms with van der Waals surface area (Å²) in [5.74, 6) is 1.90. The van der Waals surface area contributed by atoms with E-state index < -0.39 is 0 Å². The van der Waals surface area contributed by atoms with Gasteiger partial charge in [-0.2, -0.15) is 4.37 Å². The zero-order chi connectivity index (χ0) is 10.8. The molecule has 1 fully saturated rings. The largest absolute Gasteiger partial charge is 0.490 e. The Labute approximate surface area is 94.0 Å². The molecular formula is C10H17N3OS. The van der Waals surface area contributed by atoms with Gasteiger partial charge in [0.2, 0.25) is 0 Å². The van der Waals surface area contributed by atoms with Crippen molar-refractivity contribution in [1.82, 2.24) is 4.37 Å². The molecule has 0 amide bonds. The number of methoxy groups -OCH3 is 1. The van der Waals surface area contributed by atoms with E-state index in [1.165, 1.54) is 30.8 Å². The molecule has 1 aliphatic carbocycles. The van der Waals surface area contributed by atoms with Crippen LogP contribution < -0.4 is 15.8 Å². The van der Waals surface area contributed by atoms with Crippen LogP contribution in [0.3, 0.4) is 0 Å². The average molecular weight is 227 g/mol. The van der Waals surface area contributed by atoms with Crippen molar-refractivity contribution in [1.29, 1.82) is 0 Å². The Balaban J connectivity index is 2.09. The molecule has 1 aliphatic rings. The topological polar surface area (TPSA) is 60.2 Å². The highest BCUT2D eigenvalue weighted by molar-refractivity contribution is 7.11. The third-order valence-electron chi connectivity index (χ3n) is 3.06. The van der Waals surface area contributed by atoms with Gasteiger partial charge in [0.15, 0.2) is 16.6 Å². The lowest BCUT2D eigenvalue weighted by molar-refractivity contribution is 0.418. The van der Waals surface area contributed by atoms with Gasteiger partial charge in [-0.3, -0.25) is 0 Å². The second-order valence-corrected chi connectivity index (χ2v) is 4.86. The van der Waals surface area contributed by atoms with Crippen molar-refractivity contribution in [2.45, 2.75) is 32.2 Å². The quantitative estimate of drug-likeness (QED) is 0.832. The number of ether oxygens (including phenoxy) is 1. The fourth-order valence-corrected chi connectivity index (χ4v) is 2.86. The van der Waals surface area contributed by atoms with E-state index in [2.05, 4.69) is 16.6 Å². The third-order valence-corrected chi connectivity index (χ3v) is 3.83. The third kappa shape index (κ3) is 2.02. The molecule has 2 atom stereocenters. The van der Waals surface area contributed by atoms with Crippen LogP contribution in [-0.4, -0.2) is 17.5 Å². The SMILES string of the molecule is COc1c(N)nsc1NC1CCCC1C. The van der Waals surface area contributed by atoms with Crippen LogP contribution >= 0.6 is 11.5 Å². The molecule has 2 rings (SSSR count). The highest BCUT2D eigenvalue weighted by Gasteiger charge is 2.25. The van der Waals surface area contributed by atoms with Gasteiger partial charge in [-0.1, -0.05) is 13.3 Å². The van der Waals surface area contributed by atoms with Crippen LogP contribution in [0.4, 0.5) is 10.8 Å². The van der Waals surface area contributed by atoms with Crippen LogP contribution in [0.2, 0.25) is 0 Å². The summed E-state index contributed by atoms with van der Waals surface area (Å²) in [5.41, 5.74) is 5.70. The van der Waals surface area contributed by atoms with Gasteiger partial charge in [0.05, 0.1) is 7.11 Å². The molecule has 1 aromatic rings. The van der Waals surface area contributed by atoms with E-state index in [4.69, 9.17) is 10.5 Å². The number of hydrogen-bond acceptors (Lipinski definition) is 5. The summed E-state index contributed by atoms with van der Waals surface area (Å²) in [6.07, 6.45) is 3.83. The maximum Gasteiger partial charge on any atom is 0.197 e. The highest BCUT2D eigenvalue weighted by atomic mass is 32.1. The second kappa shape index (κ2) is 4.26. The van der Waals surface area contributed by atoms with Crippen molar-refractivity contribution >= 4 is 22.4 Å². The Morgan fingerprint density at radius 3 is 2.93 bits per heavy atom. The molecule has 1 aromatic heterocycles. The van der Waals surface area contributed by atoms with Crippen LogP contribution in [0, 0.1) is 5.92 Å². The Bertz CT molecular complexity index is 339. The Kier molecular flexibility index (Phi) is 3.00. The predicted octanol–water partition coefficient (Wildman–Crippen LogP) is 2.33. The fourth-order valence-electron chi connectivity index (χ4n) is 2.11. The molecule has 1 saturated carbocycles. The molecule has 0 aromatic carbocycles. The summed E-state index contributed by atoms with van der Waals surface area (Å²) < 4.78 is 9.31. The van der Waals surface area contributed by atoms with E-state index in [9.17, 15) is 0 Å². The van der Waals surface area contributed by atoms with Crippen LogP contribution in [0.5, 0.6) is 5.75 Å². The Morgan fingerprint density at radius 1 is 1.53 bits per heavy atom. The van der Waals surface area contributed by atoms with Crippen molar-refractivity contribution in [3.63, 3.8) is 0 Å². The number of hydrogen-bond donors (Lipinski definition) is 2. The number of nitrogens with zero attached hydrogens (tertiary/aromatic N) is 1. The smallest absolute Gasteiger partial charge is 0.197 e. The molecule has 2 unspecified atom stereocenters. The predicted molar refractivity (Wildman–Crippen MR) is 63.5 cm³/mol. The zero-order valence-corrected chi connectivity index (χ0v) is 9.93. The minimum absolute atomic E-state index is 0.482. The molecule has 4 nitrogen and oxygen atoms in total. The highest BCUT2D eigenvalue weighted by Crippen LogP contribution is 2.37. The van der Waals surface area contributed by atoms with Crippen molar-refractivity contribution in [2.24, 2.45) is 5.92 Å². The van der Waals surface area contributed by atoms with Crippen LogP contribution in [0.15, 0.2) is 0 Å². The van der Waals surface area contributed by atoms with Gasteiger partial charge in [-0.15, -0.1) is 0 Å². The number of rotatable bonds is 3. The minimum atomic E-state index is 0.482. The first-order valence-corrected chi connectivity index (χ1v) is 6.05. The molecular weight excluding hydrogens is 210 g/mol. The molecule has 0 bridgehead atoms. The molecule has 0 radical (unpaired) electrons. The monoisotopic (exact) mass is 227 g/mol. The first-order valence-electron chi connectivity index (χ1n) is 5.28. The number of nitrogen functional groups attached to an aromatic ring is 1. The van der Waals surface area contributed by atoms with Gasteiger partial charge in [0.25, 0.3) is 0 Å². The van der Waals surface area contributed by atoms with Crippen LogP contribution in [0.25, 0.3) is 0 Å². The minimum Gasteiger partial charge on any atom is -0.490 e. The van der Waals surface area contributed by atoms with Crippen molar-refractivity contribution in [3.05, 3.63) is 0 Å². The van der Waals surface area contributed by atoms with Crippen molar-refractivity contribution < 1.29 is 4.74 Å². The maximum atomic E-state index is 5.70. The first kappa shape index (κ1) is 10.5. The second-order valence-electron chi connectivity index (χ2n) is 4.09. The number of aromatic nitrogens is 1. The molecule has 84 valence electrons. The molecule has 15 heavy (non-hydrogen) atoms. The molecule has 5 heteroatoms. The van der Waals surface area contributed by atoms with Gasteiger partial charge in [0.1, 0.15) is 0 Å². The molecule has 0 spiro atoms. The lowest BCUT2D eigenvalue weighted by atomic mass is 10.1. The summed E-state index contributed by atoms with van der Waals surface area (Å²) in [5, 5.41) is 4.45. The molecule has 0 aliphatic heterocycles. The van der Waals surface area contributed by atoms with Gasteiger partial charge < -0.3 is 15.8 Å². The summed E-state index contributed by atoms with van der Waals surface area (Å²) in [6.45, 7) is 2.28. The molecule has 3 N–H and O–H groups in total. The van der Waals surface area contributed by atoms with Crippen LogP contribution in [-0.2, 0) is 0 Å². The number of nitrogens with two attached hydrogens (primary N) is 1. The molecule has 0 saturated heterocycles. The summed E-state index contributed by atoms with van der Waals surface area (Å²) in [4.78, 5) is 0. The summed E-state index contributed by atoms with van der Waals surface area (Å²) in [6, 6.07) is 0.541. The van der Waals surface area contributed by atoms with Crippen molar-refractivity contribution in [2.75, 3.05) is 18.2 Å². The van der Waals surface area contributed by atoms with E-state index in [1.807, 2.05) is 0 Å². The Hall–Kier alpha value is -0.970. The van der Waals surface area contributed by atoms with Gasteiger partial charge >= 0.3 is 0 Å². The zero-order valence-electron chi connectivity index (χ0n) is 9.12. The van der Waals surface area contributed by atoms with Gasteiger partial charge in [0, 0.05) is 6.04 Å². The van der Waals surface area contributed by atoms with E-state index in [1.54, 1.807) is 7.11 Å². The van der Waals surface area contributed by atoms with Gasteiger partial charge in [-0.05, 0) is 30.3 Å². The average Bonchev–Trinajstić information content (AvgIpc) is 2.76. The fraction of sp³-hybridized carbons (Fsp3) is 0.700. The number of anilines is 2. The van der Waals surface area contributed by atoms with E-state index in [0.717, 1.165) is 10.9 Å². The van der Waals surface area contributed by atoms with E-state index in [0.29, 0.717) is 17.6 Å². The van der Waals surface area contributed by atoms with E-state index >= 15 is 0 Å². The lowest BCUT2D eigenvalue weighted by Gasteiger charge is -2.17. The standard InChI is InChI=1S/C10H17N3OS/c1-6-4-3-5-7(6)12-10-8(14-2)9(11)13-15-10/h6-7,12H,3-5H2,1-2H3,(H2,11,13). The summed E-state index contributed by atoms with van der Waals surface area (Å²) >= 11 is 1.38. The number of nitrogens with one attached hydrogen (secondary N) is 1. The Morgan fingerprint density at radius 2 is 2.33 bits per heavy atom. The van der Waals surface area contributed by atoms with Crippen LogP contribution in [0.1, 0.15) is 26.2 Å². The normalized spacial score (nSPS) is 25.5. The van der Waals surface area contributed by atoms with E-state index in [-0.39, 0.29) is 0 Å². The lowest BCUT2D eigenvalue weighted by Crippen LogP contribution is -2.21. The maximum absolute atomic E-state index is 5.70. The van der Waals surface area contributed by atoms with Crippen molar-refractivity contribution in [3.8, 4) is 5.75 Å². The van der Waals surface area contributed by atoms with Gasteiger partial charge in [-0.25, -0.2) is 0 Å². The molecule has 1 heterocycles. The summed E-state index contributed by atoms with van der Waals surface area (Å²) in [7, 11) is 1.63. The first-order chi connectivity index (χ1) is 7.22.